The molecule has 0 aromatic carbocycles. The largest absolute Gasteiger partial charge is 0.380 e. The number of aryl methyl sites for hydroxylation is 1. The molecular weight excluding hydrogens is 246 g/mol. The first kappa shape index (κ1) is 13.6. The Kier molecular flexibility index (Phi) is 4.46. The van der Waals surface area contributed by atoms with E-state index in [1.807, 2.05) is 6.07 Å². The lowest BCUT2D eigenvalue weighted by Crippen LogP contribution is -2.40. The maximum Gasteiger partial charge on any atom is 0.152 e. The zero-order valence-corrected chi connectivity index (χ0v) is 12.2. The highest BCUT2D eigenvalue weighted by atomic mass is 35.5. The number of nitrogens with one attached hydrogen (secondary N) is 1. The van der Waals surface area contributed by atoms with Crippen LogP contribution in [0.5, 0.6) is 0 Å². The first-order valence-corrected chi connectivity index (χ1v) is 7.02. The second kappa shape index (κ2) is 5.89. The molecule has 100 valence electrons. The number of nitrogens with zero attached hydrogens (tertiary/aromatic N) is 2. The Morgan fingerprint density at radius 2 is 2.33 bits per heavy atom. The Labute approximate surface area is 115 Å². The molecule has 1 aromatic heterocycles. The molecule has 2 heterocycles. The fraction of sp³-hybridized carbons (Fsp3) is 0.643. The van der Waals surface area contributed by atoms with Crippen molar-refractivity contribution in [3.05, 3.63) is 23.0 Å². The van der Waals surface area contributed by atoms with Gasteiger partial charge < -0.3 is 10.2 Å². The van der Waals surface area contributed by atoms with E-state index < -0.39 is 0 Å². The summed E-state index contributed by atoms with van der Waals surface area (Å²) in [4.78, 5) is 6.55. The standard InChI is InChI=1S/C14H22ClN3/c1-10-6-7-16-14(15)13(10)17-11(2)12-5-4-8-18(3)9-12/h6-7,11-12,17H,4-5,8-9H2,1-3H3. The van der Waals surface area contributed by atoms with E-state index in [4.69, 9.17) is 11.6 Å². The zero-order valence-electron chi connectivity index (χ0n) is 11.4. The Balaban J connectivity index is 2.04. The molecular formula is C14H22ClN3. The third kappa shape index (κ3) is 3.15. The molecule has 2 atom stereocenters. The molecule has 4 heteroatoms. The van der Waals surface area contributed by atoms with Gasteiger partial charge in [0.1, 0.15) is 0 Å². The van der Waals surface area contributed by atoms with Gasteiger partial charge in [0.25, 0.3) is 0 Å². The molecule has 3 nitrogen and oxygen atoms in total. The highest BCUT2D eigenvalue weighted by Crippen LogP contribution is 2.27. The average Bonchev–Trinajstić information content (AvgIpc) is 2.34. The minimum Gasteiger partial charge on any atom is -0.380 e. The Hall–Kier alpha value is -0.800. The predicted molar refractivity (Wildman–Crippen MR) is 77.3 cm³/mol. The van der Waals surface area contributed by atoms with Crippen LogP contribution in [-0.2, 0) is 0 Å². The summed E-state index contributed by atoms with van der Waals surface area (Å²) >= 11 is 6.16. The van der Waals surface area contributed by atoms with Gasteiger partial charge in [-0.3, -0.25) is 0 Å². The van der Waals surface area contributed by atoms with Crippen LogP contribution in [0, 0.1) is 12.8 Å². The Morgan fingerprint density at radius 1 is 1.56 bits per heavy atom. The molecule has 0 saturated carbocycles. The number of piperidine rings is 1. The third-order valence-corrected chi connectivity index (χ3v) is 4.14. The molecule has 1 aliphatic heterocycles. The van der Waals surface area contributed by atoms with Gasteiger partial charge >= 0.3 is 0 Å². The predicted octanol–water partition coefficient (Wildman–Crippen LogP) is 3.19. The summed E-state index contributed by atoms with van der Waals surface area (Å²) in [5.41, 5.74) is 2.14. The fourth-order valence-corrected chi connectivity index (χ4v) is 2.92. The molecule has 0 radical (unpaired) electrons. The molecule has 1 N–H and O–H groups in total. The molecule has 0 bridgehead atoms. The Morgan fingerprint density at radius 3 is 3.00 bits per heavy atom. The van der Waals surface area contributed by atoms with Gasteiger partial charge in [-0.25, -0.2) is 4.98 Å². The zero-order chi connectivity index (χ0) is 13.1. The van der Waals surface area contributed by atoms with Crippen LogP contribution in [-0.4, -0.2) is 36.1 Å². The van der Waals surface area contributed by atoms with Gasteiger partial charge in [0.15, 0.2) is 5.15 Å². The average molecular weight is 268 g/mol. The van der Waals surface area contributed by atoms with Crippen LogP contribution in [0.15, 0.2) is 12.3 Å². The van der Waals surface area contributed by atoms with Crippen molar-refractivity contribution >= 4 is 17.3 Å². The molecule has 18 heavy (non-hydrogen) atoms. The van der Waals surface area contributed by atoms with Crippen LogP contribution < -0.4 is 5.32 Å². The number of hydrogen-bond acceptors (Lipinski definition) is 3. The van der Waals surface area contributed by atoms with E-state index in [0.29, 0.717) is 17.1 Å². The van der Waals surface area contributed by atoms with Crippen LogP contribution in [0.3, 0.4) is 0 Å². The number of pyridine rings is 1. The molecule has 2 rings (SSSR count). The number of halogens is 1. The molecule has 1 saturated heterocycles. The van der Waals surface area contributed by atoms with Gasteiger partial charge in [0.05, 0.1) is 5.69 Å². The lowest BCUT2D eigenvalue weighted by molar-refractivity contribution is 0.197. The highest BCUT2D eigenvalue weighted by Gasteiger charge is 2.23. The van der Waals surface area contributed by atoms with Gasteiger partial charge in [-0.1, -0.05) is 11.6 Å². The van der Waals surface area contributed by atoms with Crippen molar-refractivity contribution < 1.29 is 0 Å². The number of likely N-dealkylation sites (tertiary alicyclic amines) is 1. The minimum absolute atomic E-state index is 0.424. The fourth-order valence-electron chi connectivity index (χ4n) is 2.66. The molecule has 1 aliphatic rings. The molecule has 0 spiro atoms. The van der Waals surface area contributed by atoms with Crippen LogP contribution in [0.4, 0.5) is 5.69 Å². The third-order valence-electron chi connectivity index (χ3n) is 3.85. The molecule has 2 unspecified atom stereocenters. The normalized spacial score (nSPS) is 22.8. The maximum absolute atomic E-state index is 6.16. The quantitative estimate of drug-likeness (QED) is 0.853. The van der Waals surface area contributed by atoms with Crippen LogP contribution >= 0.6 is 11.6 Å². The SMILES string of the molecule is Cc1ccnc(Cl)c1NC(C)C1CCCN(C)C1. The topological polar surface area (TPSA) is 28.2 Å². The second-order valence-electron chi connectivity index (χ2n) is 5.39. The highest BCUT2D eigenvalue weighted by molar-refractivity contribution is 6.32. The second-order valence-corrected chi connectivity index (χ2v) is 5.75. The van der Waals surface area contributed by atoms with E-state index >= 15 is 0 Å². The van der Waals surface area contributed by atoms with Crippen molar-refractivity contribution in [1.29, 1.82) is 0 Å². The lowest BCUT2D eigenvalue weighted by Gasteiger charge is -2.34. The van der Waals surface area contributed by atoms with Gasteiger partial charge in [-0.2, -0.15) is 0 Å². The van der Waals surface area contributed by atoms with Crippen molar-refractivity contribution in [3.8, 4) is 0 Å². The summed E-state index contributed by atoms with van der Waals surface area (Å²) in [6, 6.07) is 2.42. The van der Waals surface area contributed by atoms with Crippen molar-refractivity contribution in [2.24, 2.45) is 5.92 Å². The number of aromatic nitrogens is 1. The van der Waals surface area contributed by atoms with E-state index in [1.165, 1.54) is 19.4 Å². The van der Waals surface area contributed by atoms with Crippen molar-refractivity contribution in [3.63, 3.8) is 0 Å². The van der Waals surface area contributed by atoms with Crippen molar-refractivity contribution in [2.45, 2.75) is 32.7 Å². The van der Waals surface area contributed by atoms with E-state index in [2.05, 4.69) is 36.1 Å². The van der Waals surface area contributed by atoms with Gasteiger partial charge in [-0.05, 0) is 57.8 Å². The Bertz CT molecular complexity index is 388. The summed E-state index contributed by atoms with van der Waals surface area (Å²) in [6.45, 7) is 6.68. The van der Waals surface area contributed by atoms with Crippen LogP contribution in [0.25, 0.3) is 0 Å². The monoisotopic (exact) mass is 267 g/mol. The number of rotatable bonds is 3. The smallest absolute Gasteiger partial charge is 0.152 e. The maximum atomic E-state index is 6.16. The van der Waals surface area contributed by atoms with Gasteiger partial charge in [0, 0.05) is 18.8 Å². The summed E-state index contributed by atoms with van der Waals surface area (Å²) in [6.07, 6.45) is 4.32. The summed E-state index contributed by atoms with van der Waals surface area (Å²) in [5.74, 6) is 0.680. The molecule has 0 amide bonds. The van der Waals surface area contributed by atoms with Crippen LogP contribution in [0.1, 0.15) is 25.3 Å². The van der Waals surface area contributed by atoms with Crippen LogP contribution in [0.2, 0.25) is 5.15 Å². The van der Waals surface area contributed by atoms with Gasteiger partial charge in [-0.15, -0.1) is 0 Å². The molecule has 1 aromatic rings. The molecule has 0 aliphatic carbocycles. The van der Waals surface area contributed by atoms with E-state index in [1.54, 1.807) is 6.20 Å². The van der Waals surface area contributed by atoms with E-state index in [0.717, 1.165) is 17.8 Å². The van der Waals surface area contributed by atoms with Crippen molar-refractivity contribution in [2.75, 3.05) is 25.5 Å². The first-order chi connectivity index (χ1) is 8.58. The van der Waals surface area contributed by atoms with E-state index in [9.17, 15) is 0 Å². The van der Waals surface area contributed by atoms with Crippen molar-refractivity contribution in [1.82, 2.24) is 9.88 Å². The summed E-state index contributed by atoms with van der Waals surface area (Å²) in [7, 11) is 2.20. The number of anilines is 1. The lowest BCUT2D eigenvalue weighted by atomic mass is 9.91. The number of hydrogen-bond donors (Lipinski definition) is 1. The van der Waals surface area contributed by atoms with Gasteiger partial charge in [0.2, 0.25) is 0 Å². The summed E-state index contributed by atoms with van der Waals surface area (Å²) < 4.78 is 0. The van der Waals surface area contributed by atoms with E-state index in [-0.39, 0.29) is 0 Å². The summed E-state index contributed by atoms with van der Waals surface area (Å²) in [5, 5.41) is 4.12. The first-order valence-electron chi connectivity index (χ1n) is 6.64. The minimum atomic E-state index is 0.424. The molecule has 1 fully saturated rings.